The lowest BCUT2D eigenvalue weighted by Crippen LogP contribution is -2.55. The fourth-order valence-electron chi connectivity index (χ4n) is 4.07. The molecular formula is C27H37N3O3S. The van der Waals surface area contributed by atoms with Gasteiger partial charge in [-0.25, -0.2) is 0 Å². The molecule has 34 heavy (non-hydrogen) atoms. The topological polar surface area (TPSA) is 61.9 Å². The van der Waals surface area contributed by atoms with E-state index < -0.39 is 6.04 Å². The summed E-state index contributed by atoms with van der Waals surface area (Å²) in [4.78, 5) is 30.5. The summed E-state index contributed by atoms with van der Waals surface area (Å²) in [6.45, 7) is 9.18. The number of nitrogens with zero attached hydrogens (tertiary/aromatic N) is 2. The number of piperazine rings is 1. The average Bonchev–Trinajstić information content (AvgIpc) is 2.85. The van der Waals surface area contributed by atoms with E-state index in [-0.39, 0.29) is 17.2 Å². The zero-order chi connectivity index (χ0) is 24.7. The van der Waals surface area contributed by atoms with E-state index in [0.29, 0.717) is 25.1 Å². The Morgan fingerprint density at radius 1 is 1.06 bits per heavy atom. The molecule has 1 atom stereocenters. The number of methoxy groups -OCH3 is 1. The maximum absolute atomic E-state index is 13.4. The Balaban J connectivity index is 1.63. The Labute approximate surface area is 208 Å². The molecular weight excluding hydrogens is 446 g/mol. The van der Waals surface area contributed by atoms with Crippen molar-refractivity contribution in [2.45, 2.75) is 38.6 Å². The van der Waals surface area contributed by atoms with Crippen LogP contribution in [-0.2, 0) is 10.2 Å². The molecule has 3 rings (SSSR count). The second kappa shape index (κ2) is 11.6. The van der Waals surface area contributed by atoms with Crippen molar-refractivity contribution in [3.8, 4) is 5.75 Å². The van der Waals surface area contributed by atoms with Gasteiger partial charge in [0.15, 0.2) is 0 Å². The first-order valence-corrected chi connectivity index (χ1v) is 13.2. The second-order valence-electron chi connectivity index (χ2n) is 9.65. The Hall–Kier alpha value is -2.67. The first kappa shape index (κ1) is 25.9. The SMILES string of the molecule is COc1cccc(N2CCN(C(=O)[C@@H](CCSC)NC(=O)c3ccc(C(C)(C)C)cc3)CC2)c1. The van der Waals surface area contributed by atoms with E-state index in [0.717, 1.165) is 30.3 Å². The average molecular weight is 484 g/mol. The minimum absolute atomic E-state index is 0.000922. The molecule has 2 aromatic rings. The molecule has 7 heteroatoms. The summed E-state index contributed by atoms with van der Waals surface area (Å²) in [5.74, 6) is 1.43. The summed E-state index contributed by atoms with van der Waals surface area (Å²) in [6, 6.07) is 15.1. The minimum Gasteiger partial charge on any atom is -0.497 e. The Morgan fingerprint density at radius 3 is 2.32 bits per heavy atom. The third-order valence-corrected chi connectivity index (χ3v) is 6.88. The molecule has 2 amide bonds. The quantitative estimate of drug-likeness (QED) is 0.610. The fourth-order valence-corrected chi connectivity index (χ4v) is 4.54. The lowest BCUT2D eigenvalue weighted by Gasteiger charge is -2.37. The van der Waals surface area contributed by atoms with Crippen LogP contribution in [0.5, 0.6) is 5.75 Å². The highest BCUT2D eigenvalue weighted by Gasteiger charge is 2.29. The van der Waals surface area contributed by atoms with Gasteiger partial charge in [-0.3, -0.25) is 9.59 Å². The van der Waals surface area contributed by atoms with Crippen molar-refractivity contribution in [2.24, 2.45) is 0 Å². The van der Waals surface area contributed by atoms with Crippen LogP contribution in [0.4, 0.5) is 5.69 Å². The first-order chi connectivity index (χ1) is 16.2. The van der Waals surface area contributed by atoms with Crippen molar-refractivity contribution < 1.29 is 14.3 Å². The van der Waals surface area contributed by atoms with Crippen LogP contribution in [0.2, 0.25) is 0 Å². The van der Waals surface area contributed by atoms with E-state index in [9.17, 15) is 9.59 Å². The number of carbonyl (C=O) groups excluding carboxylic acids is 2. The van der Waals surface area contributed by atoms with Crippen molar-refractivity contribution in [2.75, 3.05) is 50.2 Å². The second-order valence-corrected chi connectivity index (χ2v) is 10.6. The number of hydrogen-bond acceptors (Lipinski definition) is 5. The van der Waals surface area contributed by atoms with Gasteiger partial charge in [-0.05, 0) is 53.7 Å². The van der Waals surface area contributed by atoms with Gasteiger partial charge in [0, 0.05) is 43.5 Å². The van der Waals surface area contributed by atoms with Crippen molar-refractivity contribution in [1.82, 2.24) is 10.2 Å². The maximum Gasteiger partial charge on any atom is 0.251 e. The molecule has 0 aromatic heterocycles. The summed E-state index contributed by atoms with van der Waals surface area (Å²) < 4.78 is 5.34. The smallest absolute Gasteiger partial charge is 0.251 e. The van der Waals surface area contributed by atoms with E-state index >= 15 is 0 Å². The summed E-state index contributed by atoms with van der Waals surface area (Å²) in [5.41, 5.74) is 2.88. The van der Waals surface area contributed by atoms with Crippen LogP contribution in [0, 0.1) is 0 Å². The zero-order valence-corrected chi connectivity index (χ0v) is 21.8. The number of nitrogens with one attached hydrogen (secondary N) is 1. The summed E-state index contributed by atoms with van der Waals surface area (Å²) in [5, 5.41) is 3.01. The lowest BCUT2D eigenvalue weighted by molar-refractivity contribution is -0.133. The Morgan fingerprint density at radius 2 is 1.74 bits per heavy atom. The molecule has 1 aliphatic rings. The standard InChI is InChI=1S/C27H37N3O3S/c1-27(2,3)21-11-9-20(10-12-21)25(31)28-24(13-18-34-5)26(32)30-16-14-29(15-17-30)22-7-6-8-23(19-22)33-4/h6-12,19,24H,13-18H2,1-5H3,(H,28,31)/t24-/m1/s1. The molecule has 1 aliphatic heterocycles. The normalized spacial score (nSPS) is 15.1. The monoisotopic (exact) mass is 483 g/mol. The first-order valence-electron chi connectivity index (χ1n) is 11.8. The highest BCUT2D eigenvalue weighted by Crippen LogP contribution is 2.23. The molecule has 0 saturated carbocycles. The van der Waals surface area contributed by atoms with Crippen LogP contribution in [0.15, 0.2) is 48.5 Å². The molecule has 1 N–H and O–H groups in total. The number of benzene rings is 2. The van der Waals surface area contributed by atoms with E-state index in [1.807, 2.05) is 53.6 Å². The van der Waals surface area contributed by atoms with Crippen LogP contribution in [0.25, 0.3) is 0 Å². The van der Waals surface area contributed by atoms with Gasteiger partial charge >= 0.3 is 0 Å². The number of anilines is 1. The van der Waals surface area contributed by atoms with Crippen LogP contribution >= 0.6 is 11.8 Å². The number of carbonyl (C=O) groups is 2. The molecule has 0 unspecified atom stereocenters. The minimum atomic E-state index is -0.523. The molecule has 184 valence electrons. The third-order valence-electron chi connectivity index (χ3n) is 6.24. The Bertz CT molecular complexity index is 964. The predicted molar refractivity (Wildman–Crippen MR) is 141 cm³/mol. The number of thioether (sulfide) groups is 1. The highest BCUT2D eigenvalue weighted by atomic mass is 32.2. The molecule has 0 radical (unpaired) electrons. The van der Waals surface area contributed by atoms with Crippen molar-refractivity contribution >= 4 is 29.3 Å². The van der Waals surface area contributed by atoms with E-state index in [1.165, 1.54) is 5.56 Å². The summed E-state index contributed by atoms with van der Waals surface area (Å²) in [6.07, 6.45) is 2.63. The van der Waals surface area contributed by atoms with Gasteiger partial charge < -0.3 is 19.9 Å². The molecule has 2 aromatic carbocycles. The van der Waals surface area contributed by atoms with Gasteiger partial charge in [0.1, 0.15) is 11.8 Å². The predicted octanol–water partition coefficient (Wildman–Crippen LogP) is 4.19. The lowest BCUT2D eigenvalue weighted by atomic mass is 9.86. The summed E-state index contributed by atoms with van der Waals surface area (Å²) in [7, 11) is 1.66. The number of amides is 2. The largest absolute Gasteiger partial charge is 0.497 e. The molecule has 1 saturated heterocycles. The highest BCUT2D eigenvalue weighted by molar-refractivity contribution is 7.98. The van der Waals surface area contributed by atoms with Crippen LogP contribution < -0.4 is 15.0 Å². The van der Waals surface area contributed by atoms with Crippen LogP contribution in [0.3, 0.4) is 0 Å². The van der Waals surface area contributed by atoms with Gasteiger partial charge in [0.2, 0.25) is 5.91 Å². The van der Waals surface area contributed by atoms with Gasteiger partial charge in [-0.1, -0.05) is 39.0 Å². The van der Waals surface area contributed by atoms with E-state index in [1.54, 1.807) is 18.9 Å². The Kier molecular flexibility index (Phi) is 8.89. The molecule has 0 bridgehead atoms. The number of hydrogen-bond donors (Lipinski definition) is 1. The van der Waals surface area contributed by atoms with Crippen molar-refractivity contribution in [3.63, 3.8) is 0 Å². The van der Waals surface area contributed by atoms with Gasteiger partial charge in [0.05, 0.1) is 7.11 Å². The fraction of sp³-hybridized carbons (Fsp3) is 0.481. The van der Waals surface area contributed by atoms with Gasteiger partial charge in [-0.15, -0.1) is 0 Å². The van der Waals surface area contributed by atoms with E-state index in [2.05, 4.69) is 37.1 Å². The number of ether oxygens (including phenoxy) is 1. The van der Waals surface area contributed by atoms with Crippen LogP contribution in [-0.4, -0.2) is 68.1 Å². The van der Waals surface area contributed by atoms with E-state index in [4.69, 9.17) is 4.74 Å². The van der Waals surface area contributed by atoms with Crippen molar-refractivity contribution in [1.29, 1.82) is 0 Å². The number of rotatable bonds is 8. The molecule has 1 heterocycles. The third kappa shape index (κ3) is 6.69. The molecule has 1 fully saturated rings. The van der Waals surface area contributed by atoms with Gasteiger partial charge in [0.25, 0.3) is 5.91 Å². The van der Waals surface area contributed by atoms with Crippen molar-refractivity contribution in [3.05, 3.63) is 59.7 Å². The summed E-state index contributed by atoms with van der Waals surface area (Å²) >= 11 is 1.68. The van der Waals surface area contributed by atoms with Crippen LogP contribution in [0.1, 0.15) is 43.1 Å². The van der Waals surface area contributed by atoms with Gasteiger partial charge in [-0.2, -0.15) is 11.8 Å². The molecule has 6 nitrogen and oxygen atoms in total. The maximum atomic E-state index is 13.4. The zero-order valence-electron chi connectivity index (χ0n) is 21.0. The molecule has 0 spiro atoms. The molecule has 0 aliphatic carbocycles.